The van der Waals surface area contributed by atoms with Gasteiger partial charge < -0.3 is 25.2 Å². The lowest BCUT2D eigenvalue weighted by Crippen LogP contribution is -2.36. The van der Waals surface area contributed by atoms with Crippen LogP contribution in [0.4, 0.5) is 0 Å². The summed E-state index contributed by atoms with van der Waals surface area (Å²) in [6.07, 6.45) is 2.25. The molecule has 0 spiro atoms. The van der Waals surface area contributed by atoms with E-state index in [1.807, 2.05) is 24.3 Å². The number of ether oxygens (including phenoxy) is 2. The van der Waals surface area contributed by atoms with Crippen LogP contribution in [0.1, 0.15) is 21.5 Å². The van der Waals surface area contributed by atoms with Crippen molar-refractivity contribution < 1.29 is 24.2 Å². The number of aliphatic hydroxyl groups is 1. The maximum absolute atomic E-state index is 12.8. The molecule has 3 rings (SSSR count). The number of halogens is 1. The first-order valence-corrected chi connectivity index (χ1v) is 11.4. The van der Waals surface area contributed by atoms with Crippen LogP contribution in [0.15, 0.2) is 78.5 Å². The lowest BCUT2D eigenvalue weighted by molar-refractivity contribution is -0.117. The molecule has 0 aliphatic rings. The summed E-state index contributed by atoms with van der Waals surface area (Å²) >= 11 is 5.92. The van der Waals surface area contributed by atoms with E-state index in [0.717, 1.165) is 11.3 Å². The van der Waals surface area contributed by atoms with Crippen LogP contribution < -0.4 is 20.1 Å². The monoisotopic (exact) mass is 494 g/mol. The molecular weight excluding hydrogens is 468 g/mol. The largest absolute Gasteiger partial charge is 0.497 e. The van der Waals surface area contributed by atoms with Crippen LogP contribution in [0.25, 0.3) is 6.08 Å². The van der Waals surface area contributed by atoms with Crippen LogP contribution >= 0.6 is 11.6 Å². The Morgan fingerprint density at radius 3 is 2.43 bits per heavy atom. The van der Waals surface area contributed by atoms with Gasteiger partial charge in [0.25, 0.3) is 11.8 Å². The van der Waals surface area contributed by atoms with Crippen LogP contribution in [0.2, 0.25) is 5.02 Å². The van der Waals surface area contributed by atoms with Crippen molar-refractivity contribution in [2.75, 3.05) is 26.9 Å². The summed E-state index contributed by atoms with van der Waals surface area (Å²) in [7, 11) is 1.63. The van der Waals surface area contributed by atoms with Gasteiger partial charge >= 0.3 is 0 Å². The first-order valence-electron chi connectivity index (χ1n) is 11.0. The molecule has 0 heterocycles. The summed E-state index contributed by atoms with van der Waals surface area (Å²) < 4.78 is 11.0. The Kier molecular flexibility index (Phi) is 9.71. The van der Waals surface area contributed by atoms with Gasteiger partial charge in [0, 0.05) is 23.6 Å². The Balaban J connectivity index is 1.62. The number of benzene rings is 3. The Hall–Kier alpha value is -3.81. The highest BCUT2D eigenvalue weighted by Crippen LogP contribution is 2.16. The molecule has 3 aromatic carbocycles. The second-order valence-electron chi connectivity index (χ2n) is 7.52. The Morgan fingerprint density at radius 1 is 1.00 bits per heavy atom. The third-order valence-corrected chi connectivity index (χ3v) is 5.23. The summed E-state index contributed by atoms with van der Waals surface area (Å²) in [5.74, 6) is 0.460. The normalized spacial score (nSPS) is 11.0. The number of hydrogen-bond donors (Lipinski definition) is 3. The number of nitrogens with one attached hydrogen (secondary N) is 2. The Morgan fingerprint density at radius 2 is 1.74 bits per heavy atom. The summed E-state index contributed by atoms with van der Waals surface area (Å²) in [5, 5.41) is 14.7. The van der Waals surface area contributed by atoms with Crippen molar-refractivity contribution in [3.63, 3.8) is 0 Å². The number of carbonyl (C=O) groups is 2. The van der Waals surface area contributed by atoms with Gasteiger partial charge in [0.1, 0.15) is 17.2 Å². The molecule has 3 N–H and O–H groups in total. The second kappa shape index (κ2) is 13.2. The number of carbonyl (C=O) groups excluding carboxylic acids is 2. The number of rotatable bonds is 11. The minimum atomic E-state index is -0.514. The molecule has 0 unspecified atom stereocenters. The molecule has 0 fully saturated rings. The number of methoxy groups -OCH3 is 1. The van der Waals surface area contributed by atoms with Crippen molar-refractivity contribution in [3.05, 3.63) is 100 Å². The van der Waals surface area contributed by atoms with E-state index in [1.165, 1.54) is 6.08 Å². The van der Waals surface area contributed by atoms with Crippen molar-refractivity contribution >= 4 is 29.5 Å². The van der Waals surface area contributed by atoms with Gasteiger partial charge in [-0.05, 0) is 65.7 Å². The average Bonchev–Trinajstić information content (AvgIpc) is 2.88. The molecule has 182 valence electrons. The fourth-order valence-electron chi connectivity index (χ4n) is 3.16. The van der Waals surface area contributed by atoms with Gasteiger partial charge in [-0.15, -0.1) is 0 Å². The number of aliphatic hydroxyl groups excluding tert-OH is 1. The number of amides is 2. The first-order chi connectivity index (χ1) is 17.0. The van der Waals surface area contributed by atoms with Crippen molar-refractivity contribution in [1.29, 1.82) is 0 Å². The summed E-state index contributed by atoms with van der Waals surface area (Å²) in [6.45, 7) is 0.319. The summed E-state index contributed by atoms with van der Waals surface area (Å²) in [5.41, 5.74) is 2.19. The molecule has 0 atom stereocenters. The third-order valence-electron chi connectivity index (χ3n) is 4.98. The minimum absolute atomic E-state index is 0.0457. The third kappa shape index (κ3) is 8.17. The maximum Gasteiger partial charge on any atom is 0.267 e. The molecule has 3 aromatic rings. The van der Waals surface area contributed by atoms with Gasteiger partial charge in [-0.25, -0.2) is 0 Å². The topological polar surface area (TPSA) is 96.9 Å². The van der Waals surface area contributed by atoms with E-state index in [9.17, 15) is 9.59 Å². The van der Waals surface area contributed by atoms with E-state index in [2.05, 4.69) is 10.6 Å². The van der Waals surface area contributed by atoms with Crippen molar-refractivity contribution in [3.8, 4) is 11.5 Å². The van der Waals surface area contributed by atoms with Crippen molar-refractivity contribution in [1.82, 2.24) is 10.6 Å². The van der Waals surface area contributed by atoms with Crippen LogP contribution in [-0.2, 0) is 11.2 Å². The average molecular weight is 495 g/mol. The van der Waals surface area contributed by atoms with Gasteiger partial charge in [0.05, 0.1) is 20.3 Å². The lowest BCUT2D eigenvalue weighted by Gasteiger charge is -2.11. The molecule has 35 heavy (non-hydrogen) atoms. The van der Waals surface area contributed by atoms with Gasteiger partial charge in [-0.3, -0.25) is 9.59 Å². The Labute approximate surface area is 209 Å². The van der Waals surface area contributed by atoms with E-state index < -0.39 is 11.8 Å². The second-order valence-corrected chi connectivity index (χ2v) is 7.95. The highest BCUT2D eigenvalue weighted by Gasteiger charge is 2.14. The summed E-state index contributed by atoms with van der Waals surface area (Å²) in [4.78, 5) is 25.3. The van der Waals surface area contributed by atoms with E-state index in [4.69, 9.17) is 26.2 Å². The predicted octanol–water partition coefficient (Wildman–Crippen LogP) is 3.85. The van der Waals surface area contributed by atoms with Gasteiger partial charge in [0.2, 0.25) is 0 Å². The van der Waals surface area contributed by atoms with Crippen molar-refractivity contribution in [2.24, 2.45) is 0 Å². The van der Waals surface area contributed by atoms with Crippen LogP contribution in [0.5, 0.6) is 11.5 Å². The SMILES string of the molecule is COc1cccc(CCOc2ccc(C(=O)NC(=Cc3ccc(Cl)cc3)C(=O)NCCO)cc2)c1. The fraction of sp³-hybridized carbons (Fsp3) is 0.185. The van der Waals surface area contributed by atoms with E-state index in [-0.39, 0.29) is 18.8 Å². The van der Waals surface area contributed by atoms with Gasteiger partial charge in [-0.2, -0.15) is 0 Å². The zero-order valence-electron chi connectivity index (χ0n) is 19.3. The lowest BCUT2D eigenvalue weighted by atomic mass is 10.1. The van der Waals surface area contributed by atoms with E-state index >= 15 is 0 Å². The number of hydrogen-bond acceptors (Lipinski definition) is 5. The zero-order valence-corrected chi connectivity index (χ0v) is 20.0. The molecule has 7 nitrogen and oxygen atoms in total. The molecular formula is C27H27ClN2O5. The molecule has 0 bridgehead atoms. The van der Waals surface area contributed by atoms with Crippen LogP contribution in [-0.4, -0.2) is 43.8 Å². The van der Waals surface area contributed by atoms with Crippen molar-refractivity contribution in [2.45, 2.75) is 6.42 Å². The minimum Gasteiger partial charge on any atom is -0.497 e. The molecule has 0 aromatic heterocycles. The standard InChI is InChI=1S/C27H27ClN2O5/c1-34-24-4-2-3-19(17-24)13-16-35-23-11-7-21(8-12-23)26(32)30-25(27(33)29-14-15-31)18-20-5-9-22(28)10-6-20/h2-12,17-18,31H,13-16H2,1H3,(H,29,33)(H,30,32). The highest BCUT2D eigenvalue weighted by molar-refractivity contribution is 6.30. The molecule has 8 heteroatoms. The first kappa shape index (κ1) is 25.8. The fourth-order valence-corrected chi connectivity index (χ4v) is 3.29. The molecule has 0 radical (unpaired) electrons. The smallest absolute Gasteiger partial charge is 0.267 e. The molecule has 0 aliphatic heterocycles. The molecule has 0 saturated heterocycles. The van der Waals surface area contributed by atoms with Crippen LogP contribution in [0.3, 0.4) is 0 Å². The molecule has 0 aliphatic carbocycles. The highest BCUT2D eigenvalue weighted by atomic mass is 35.5. The van der Waals surface area contributed by atoms with E-state index in [1.54, 1.807) is 55.6 Å². The quantitative estimate of drug-likeness (QED) is 0.352. The summed E-state index contributed by atoms with van der Waals surface area (Å²) in [6, 6.07) is 21.3. The molecule has 2 amide bonds. The van der Waals surface area contributed by atoms with Gasteiger partial charge in [-0.1, -0.05) is 35.9 Å². The van der Waals surface area contributed by atoms with Gasteiger partial charge in [0.15, 0.2) is 0 Å². The van der Waals surface area contributed by atoms with Crippen LogP contribution in [0, 0.1) is 0 Å². The molecule has 0 saturated carbocycles. The van der Waals surface area contributed by atoms with E-state index in [0.29, 0.717) is 34.9 Å². The zero-order chi connectivity index (χ0) is 25.0. The maximum atomic E-state index is 12.8. The Bertz CT molecular complexity index is 1160. The predicted molar refractivity (Wildman–Crippen MR) is 136 cm³/mol.